The first-order chi connectivity index (χ1) is 9.65. The molecule has 0 aliphatic rings. The van der Waals surface area contributed by atoms with Crippen LogP contribution >= 0.6 is 0 Å². The Bertz CT molecular complexity index is 641. The van der Waals surface area contributed by atoms with E-state index in [-0.39, 0.29) is 12.5 Å². The van der Waals surface area contributed by atoms with Gasteiger partial charge in [-0.1, -0.05) is 19.9 Å². The summed E-state index contributed by atoms with van der Waals surface area (Å²) in [6.45, 7) is 3.64. The molecule has 0 saturated carbocycles. The minimum Gasteiger partial charge on any atom is -0.447 e. The van der Waals surface area contributed by atoms with Crippen LogP contribution in [0.25, 0.3) is 5.82 Å². The van der Waals surface area contributed by atoms with Crippen LogP contribution in [0, 0.1) is 11.3 Å². The molecule has 0 radical (unpaired) electrons. The largest absolute Gasteiger partial charge is 0.447 e. The predicted octanol–water partition coefficient (Wildman–Crippen LogP) is 2.07. The molecule has 0 unspecified atom stereocenters. The molecule has 0 aliphatic heterocycles. The third kappa shape index (κ3) is 2.67. The van der Waals surface area contributed by atoms with Gasteiger partial charge in [-0.05, 0) is 18.1 Å². The number of carbonyl (C=O) groups excluding carboxylic acids is 1. The van der Waals surface area contributed by atoms with E-state index in [0.29, 0.717) is 17.1 Å². The van der Waals surface area contributed by atoms with E-state index < -0.39 is 5.97 Å². The lowest BCUT2D eigenvalue weighted by atomic mass is 10.1. The molecule has 6 heteroatoms. The zero-order chi connectivity index (χ0) is 14.5. The summed E-state index contributed by atoms with van der Waals surface area (Å²) < 4.78 is 6.46. The van der Waals surface area contributed by atoms with Gasteiger partial charge in [0.15, 0.2) is 12.4 Å². The van der Waals surface area contributed by atoms with Crippen LogP contribution in [0.5, 0.6) is 0 Å². The maximum Gasteiger partial charge on any atom is 0.342 e. The molecule has 0 bridgehead atoms. The van der Waals surface area contributed by atoms with Crippen LogP contribution in [0.4, 0.5) is 0 Å². The fourth-order valence-corrected chi connectivity index (χ4v) is 1.91. The summed E-state index contributed by atoms with van der Waals surface area (Å²) in [5, 5.41) is 12.7. The molecule has 20 heavy (non-hydrogen) atoms. The number of nitriles is 1. The molecule has 2 rings (SSSR count). The highest BCUT2D eigenvalue weighted by atomic mass is 16.5. The van der Waals surface area contributed by atoms with E-state index in [1.807, 2.05) is 32.0 Å². The normalized spacial score (nSPS) is 10.3. The molecule has 0 aromatic carbocycles. The van der Waals surface area contributed by atoms with Crippen molar-refractivity contribution in [1.82, 2.24) is 14.8 Å². The van der Waals surface area contributed by atoms with E-state index in [4.69, 9.17) is 10.00 Å². The second-order valence-corrected chi connectivity index (χ2v) is 4.43. The van der Waals surface area contributed by atoms with Crippen molar-refractivity contribution >= 4 is 5.97 Å². The Kier molecular flexibility index (Phi) is 4.11. The summed E-state index contributed by atoms with van der Waals surface area (Å²) in [6.07, 6.45) is 3.11. The molecule has 0 amide bonds. The topological polar surface area (TPSA) is 80.8 Å². The number of rotatable bonds is 4. The molecular weight excluding hydrogens is 256 g/mol. The van der Waals surface area contributed by atoms with Gasteiger partial charge in [-0.3, -0.25) is 0 Å². The fraction of sp³-hybridized carbons (Fsp3) is 0.286. The number of carbonyl (C=O) groups is 1. The van der Waals surface area contributed by atoms with E-state index in [2.05, 4.69) is 10.1 Å². The minimum absolute atomic E-state index is 0.0594. The molecule has 102 valence electrons. The molecule has 2 aromatic rings. The van der Waals surface area contributed by atoms with Gasteiger partial charge in [0.2, 0.25) is 0 Å². The van der Waals surface area contributed by atoms with Gasteiger partial charge < -0.3 is 4.74 Å². The lowest BCUT2D eigenvalue weighted by Gasteiger charge is -2.11. The molecule has 0 saturated heterocycles. The van der Waals surface area contributed by atoms with Crippen molar-refractivity contribution in [1.29, 1.82) is 5.26 Å². The number of esters is 1. The van der Waals surface area contributed by atoms with E-state index >= 15 is 0 Å². The van der Waals surface area contributed by atoms with Crippen molar-refractivity contribution in [3.63, 3.8) is 0 Å². The highest BCUT2D eigenvalue weighted by Gasteiger charge is 2.22. The molecule has 2 heterocycles. The monoisotopic (exact) mass is 270 g/mol. The number of ether oxygens (including phenoxy) is 1. The van der Waals surface area contributed by atoms with Gasteiger partial charge in [0.1, 0.15) is 11.6 Å². The minimum atomic E-state index is -0.544. The Morgan fingerprint density at radius 1 is 1.50 bits per heavy atom. The molecule has 0 N–H and O–H groups in total. The molecule has 6 nitrogen and oxygen atoms in total. The van der Waals surface area contributed by atoms with Crippen molar-refractivity contribution in [3.8, 4) is 11.9 Å². The summed E-state index contributed by atoms with van der Waals surface area (Å²) >= 11 is 0. The number of hydrogen-bond acceptors (Lipinski definition) is 5. The van der Waals surface area contributed by atoms with E-state index in [0.717, 1.165) is 0 Å². The summed E-state index contributed by atoms with van der Waals surface area (Å²) in [7, 11) is 0. The Morgan fingerprint density at radius 2 is 2.30 bits per heavy atom. The summed E-state index contributed by atoms with van der Waals surface area (Å²) in [6, 6.07) is 7.24. The fourth-order valence-electron chi connectivity index (χ4n) is 1.91. The first kappa shape index (κ1) is 13.7. The highest BCUT2D eigenvalue weighted by Crippen LogP contribution is 2.22. The Balaban J connectivity index is 2.44. The third-order valence-corrected chi connectivity index (χ3v) is 2.71. The molecular formula is C14H14N4O2. The van der Waals surface area contributed by atoms with Crippen LogP contribution in [-0.4, -0.2) is 27.3 Å². The van der Waals surface area contributed by atoms with Crippen LogP contribution in [0.1, 0.15) is 35.8 Å². The van der Waals surface area contributed by atoms with Gasteiger partial charge in [0.25, 0.3) is 0 Å². The summed E-state index contributed by atoms with van der Waals surface area (Å²) in [5.41, 5.74) is 1.08. The molecule has 0 atom stereocenters. The standard InChI is InChI=1S/C14H14N4O2/c1-10(2)13-11(14(19)20-8-6-15)9-17-18(13)12-5-3-4-7-16-12/h3-5,7,9-10H,8H2,1-2H3. The zero-order valence-electron chi connectivity index (χ0n) is 11.3. The maximum atomic E-state index is 11.9. The van der Waals surface area contributed by atoms with E-state index in [1.54, 1.807) is 16.9 Å². The molecule has 0 fully saturated rings. The van der Waals surface area contributed by atoms with Gasteiger partial charge in [-0.2, -0.15) is 10.4 Å². The van der Waals surface area contributed by atoms with E-state index in [1.165, 1.54) is 6.20 Å². The zero-order valence-corrected chi connectivity index (χ0v) is 11.3. The Morgan fingerprint density at radius 3 is 2.90 bits per heavy atom. The average Bonchev–Trinajstić information content (AvgIpc) is 2.90. The van der Waals surface area contributed by atoms with Crippen molar-refractivity contribution < 1.29 is 9.53 Å². The molecule has 0 aliphatic carbocycles. The van der Waals surface area contributed by atoms with Crippen LogP contribution in [-0.2, 0) is 4.74 Å². The van der Waals surface area contributed by atoms with Crippen molar-refractivity contribution in [2.45, 2.75) is 19.8 Å². The summed E-state index contributed by atoms with van der Waals surface area (Å²) in [5.74, 6) is 0.150. The number of aromatic nitrogens is 3. The lowest BCUT2D eigenvalue weighted by molar-refractivity contribution is 0.0553. The lowest BCUT2D eigenvalue weighted by Crippen LogP contribution is -2.11. The third-order valence-electron chi connectivity index (χ3n) is 2.71. The van der Waals surface area contributed by atoms with Crippen LogP contribution in [0.15, 0.2) is 30.6 Å². The number of nitrogens with zero attached hydrogens (tertiary/aromatic N) is 4. The first-order valence-corrected chi connectivity index (χ1v) is 6.18. The van der Waals surface area contributed by atoms with Crippen LogP contribution in [0.3, 0.4) is 0 Å². The predicted molar refractivity (Wildman–Crippen MR) is 71.3 cm³/mol. The second kappa shape index (κ2) is 5.97. The van der Waals surface area contributed by atoms with Crippen LogP contribution < -0.4 is 0 Å². The smallest absolute Gasteiger partial charge is 0.342 e. The SMILES string of the molecule is CC(C)c1c(C(=O)OCC#N)cnn1-c1ccccn1. The van der Waals surface area contributed by atoms with Crippen molar-refractivity contribution in [2.75, 3.05) is 6.61 Å². The van der Waals surface area contributed by atoms with Gasteiger partial charge in [0.05, 0.1) is 11.9 Å². The second-order valence-electron chi connectivity index (χ2n) is 4.43. The Labute approximate surface area is 116 Å². The maximum absolute atomic E-state index is 11.9. The summed E-state index contributed by atoms with van der Waals surface area (Å²) in [4.78, 5) is 16.1. The van der Waals surface area contributed by atoms with Crippen LogP contribution in [0.2, 0.25) is 0 Å². The van der Waals surface area contributed by atoms with Gasteiger partial charge >= 0.3 is 5.97 Å². The quantitative estimate of drug-likeness (QED) is 0.794. The molecule has 0 spiro atoms. The Hall–Kier alpha value is -2.68. The van der Waals surface area contributed by atoms with Gasteiger partial charge in [0, 0.05) is 6.20 Å². The van der Waals surface area contributed by atoms with Crippen molar-refractivity contribution in [3.05, 3.63) is 41.9 Å². The number of pyridine rings is 1. The van der Waals surface area contributed by atoms with Crippen molar-refractivity contribution in [2.24, 2.45) is 0 Å². The van der Waals surface area contributed by atoms with E-state index in [9.17, 15) is 4.79 Å². The highest BCUT2D eigenvalue weighted by molar-refractivity contribution is 5.90. The average molecular weight is 270 g/mol. The molecule has 2 aromatic heterocycles. The number of hydrogen-bond donors (Lipinski definition) is 0. The van der Waals surface area contributed by atoms with Gasteiger partial charge in [-0.15, -0.1) is 0 Å². The van der Waals surface area contributed by atoms with Gasteiger partial charge in [-0.25, -0.2) is 14.5 Å². The first-order valence-electron chi connectivity index (χ1n) is 6.18.